The van der Waals surface area contributed by atoms with Gasteiger partial charge in [0.1, 0.15) is 5.75 Å². The Kier molecular flexibility index (Phi) is 4.56. The molecule has 1 saturated carbocycles. The molecule has 2 aliphatic carbocycles. The van der Waals surface area contributed by atoms with Crippen LogP contribution in [0.4, 0.5) is 0 Å². The van der Waals surface area contributed by atoms with Gasteiger partial charge < -0.3 is 14.6 Å². The molecule has 0 aromatic heterocycles. The zero-order valence-electron chi connectivity index (χ0n) is 13.8. The van der Waals surface area contributed by atoms with Crippen LogP contribution in [0.5, 0.6) is 5.75 Å². The summed E-state index contributed by atoms with van der Waals surface area (Å²) in [6, 6.07) is 3.20. The Morgan fingerprint density at radius 2 is 2.08 bits per heavy atom. The zero-order valence-corrected chi connectivity index (χ0v) is 14.5. The molecule has 0 bridgehead atoms. The number of ether oxygens (including phenoxy) is 2. The molecule has 6 nitrogen and oxygen atoms in total. The first-order chi connectivity index (χ1) is 11.9. The second-order valence-electron chi connectivity index (χ2n) is 5.98. The van der Waals surface area contributed by atoms with Crippen molar-refractivity contribution in [1.82, 2.24) is 0 Å². The lowest BCUT2D eigenvalue weighted by atomic mass is 9.83. The van der Waals surface area contributed by atoms with Gasteiger partial charge in [0.25, 0.3) is 5.78 Å². The molecule has 2 aliphatic rings. The molecular formula is C18H16ClO6-. The van der Waals surface area contributed by atoms with Crippen molar-refractivity contribution in [2.45, 2.75) is 19.8 Å². The lowest BCUT2D eigenvalue weighted by Crippen LogP contribution is -2.29. The molecule has 2 atom stereocenters. The number of esters is 1. The van der Waals surface area contributed by atoms with Gasteiger partial charge in [-0.05, 0) is 49.0 Å². The fraction of sp³-hybridized carbons (Fsp3) is 0.389. The normalized spacial score (nSPS) is 21.6. The average Bonchev–Trinajstić information content (AvgIpc) is 2.92. The summed E-state index contributed by atoms with van der Waals surface area (Å²) >= 11 is 6.21. The summed E-state index contributed by atoms with van der Waals surface area (Å²) in [5.74, 6) is -4.27. The molecule has 1 aromatic rings. The summed E-state index contributed by atoms with van der Waals surface area (Å²) in [5.41, 5.74) is 0.923. The summed E-state index contributed by atoms with van der Waals surface area (Å²) in [7, 11) is 1.43. The molecule has 0 N–H and O–H groups in total. The first kappa shape index (κ1) is 17.5. The maximum atomic E-state index is 12.9. The van der Waals surface area contributed by atoms with Crippen LogP contribution in [0.3, 0.4) is 0 Å². The monoisotopic (exact) mass is 363 g/mol. The predicted octanol–water partition coefficient (Wildman–Crippen LogP) is 1.31. The summed E-state index contributed by atoms with van der Waals surface area (Å²) < 4.78 is 9.91. The number of halogens is 1. The van der Waals surface area contributed by atoms with Crippen LogP contribution in [0.15, 0.2) is 17.7 Å². The number of allylic oxidation sites excluding steroid dienone is 1. The van der Waals surface area contributed by atoms with E-state index in [4.69, 9.17) is 16.3 Å². The van der Waals surface area contributed by atoms with E-state index >= 15 is 0 Å². The SMILES string of the molecule is CCOC(=O)C(=O)C1CC2Cc3c(Cl)ccc(OC)c3C([O-])=C2C1=O. The van der Waals surface area contributed by atoms with Crippen LogP contribution in [0.1, 0.15) is 24.5 Å². The van der Waals surface area contributed by atoms with Crippen molar-refractivity contribution in [2.75, 3.05) is 13.7 Å². The number of hydrogen-bond donors (Lipinski definition) is 0. The van der Waals surface area contributed by atoms with Crippen LogP contribution in [-0.2, 0) is 25.5 Å². The van der Waals surface area contributed by atoms with Gasteiger partial charge in [-0.1, -0.05) is 17.4 Å². The van der Waals surface area contributed by atoms with Gasteiger partial charge in [-0.3, -0.25) is 9.59 Å². The molecule has 7 heteroatoms. The molecule has 132 valence electrons. The molecule has 0 heterocycles. The third-order valence-corrected chi connectivity index (χ3v) is 5.02. The maximum Gasteiger partial charge on any atom is 0.375 e. The summed E-state index contributed by atoms with van der Waals surface area (Å²) in [6.07, 6.45) is 0.468. The quantitative estimate of drug-likeness (QED) is 0.455. The van der Waals surface area contributed by atoms with E-state index in [1.165, 1.54) is 7.11 Å². The lowest BCUT2D eigenvalue weighted by Gasteiger charge is -2.30. The molecule has 25 heavy (non-hydrogen) atoms. The Balaban J connectivity index is 2.03. The number of rotatable bonds is 4. The summed E-state index contributed by atoms with van der Waals surface area (Å²) in [5, 5.41) is 13.3. The Morgan fingerprint density at radius 1 is 1.36 bits per heavy atom. The zero-order chi connectivity index (χ0) is 18.3. The van der Waals surface area contributed by atoms with E-state index in [2.05, 4.69) is 4.74 Å². The molecule has 2 unspecified atom stereocenters. The van der Waals surface area contributed by atoms with Crippen molar-refractivity contribution in [1.29, 1.82) is 0 Å². The molecule has 1 aromatic carbocycles. The lowest BCUT2D eigenvalue weighted by molar-refractivity contribution is -0.245. The molecule has 0 radical (unpaired) electrons. The van der Waals surface area contributed by atoms with Gasteiger partial charge in [0.05, 0.1) is 19.6 Å². The Bertz CT molecular complexity index is 810. The number of ketones is 2. The van der Waals surface area contributed by atoms with Gasteiger partial charge in [-0.25, -0.2) is 4.79 Å². The van der Waals surface area contributed by atoms with E-state index in [9.17, 15) is 19.5 Å². The minimum atomic E-state index is -1.16. The third-order valence-electron chi connectivity index (χ3n) is 4.66. The molecular weight excluding hydrogens is 348 g/mol. The van der Waals surface area contributed by atoms with Gasteiger partial charge in [0.2, 0.25) is 0 Å². The van der Waals surface area contributed by atoms with Crippen LogP contribution < -0.4 is 9.84 Å². The molecule has 0 spiro atoms. The highest BCUT2D eigenvalue weighted by Gasteiger charge is 2.46. The fourth-order valence-corrected chi connectivity index (χ4v) is 3.79. The van der Waals surface area contributed by atoms with Gasteiger partial charge in [-0.15, -0.1) is 0 Å². The third kappa shape index (κ3) is 2.70. The minimum Gasteiger partial charge on any atom is -0.872 e. The largest absolute Gasteiger partial charge is 0.872 e. The highest BCUT2D eigenvalue weighted by Crippen LogP contribution is 2.47. The Labute approximate surface area is 149 Å². The minimum absolute atomic E-state index is 0.0443. The van der Waals surface area contributed by atoms with E-state index in [0.29, 0.717) is 22.8 Å². The maximum absolute atomic E-state index is 12.9. The van der Waals surface area contributed by atoms with Crippen molar-refractivity contribution in [3.63, 3.8) is 0 Å². The second-order valence-corrected chi connectivity index (χ2v) is 6.39. The van der Waals surface area contributed by atoms with E-state index < -0.39 is 35.1 Å². The fourth-order valence-electron chi connectivity index (χ4n) is 3.55. The predicted molar refractivity (Wildman–Crippen MR) is 86.9 cm³/mol. The van der Waals surface area contributed by atoms with Crippen LogP contribution in [-0.4, -0.2) is 31.3 Å². The van der Waals surface area contributed by atoms with E-state index in [0.717, 1.165) is 0 Å². The molecule has 0 saturated heterocycles. The van der Waals surface area contributed by atoms with Crippen molar-refractivity contribution >= 4 is 34.9 Å². The number of Topliss-reactive ketones (excluding diaryl/α,β-unsaturated/α-hetero) is 2. The van der Waals surface area contributed by atoms with Crippen LogP contribution >= 0.6 is 11.6 Å². The number of carbonyl (C=O) groups excluding carboxylic acids is 3. The van der Waals surface area contributed by atoms with Gasteiger partial charge in [-0.2, -0.15) is 0 Å². The Hall–Kier alpha value is -2.34. The van der Waals surface area contributed by atoms with Crippen molar-refractivity contribution < 1.29 is 29.0 Å². The van der Waals surface area contributed by atoms with Crippen LogP contribution in [0, 0.1) is 11.8 Å². The van der Waals surface area contributed by atoms with E-state index in [1.54, 1.807) is 19.1 Å². The smallest absolute Gasteiger partial charge is 0.375 e. The Morgan fingerprint density at radius 3 is 2.72 bits per heavy atom. The van der Waals surface area contributed by atoms with Gasteiger partial charge >= 0.3 is 5.97 Å². The molecule has 3 rings (SSSR count). The van der Waals surface area contributed by atoms with Crippen molar-refractivity contribution in [3.8, 4) is 5.75 Å². The number of methoxy groups -OCH3 is 1. The number of carbonyl (C=O) groups is 3. The number of benzene rings is 1. The second kappa shape index (κ2) is 6.52. The van der Waals surface area contributed by atoms with Crippen molar-refractivity contribution in [3.05, 3.63) is 33.9 Å². The summed E-state index contributed by atoms with van der Waals surface area (Å²) in [4.78, 5) is 36.5. The first-order valence-corrected chi connectivity index (χ1v) is 8.30. The number of fused-ring (bicyclic) bond motifs is 2. The molecule has 0 aliphatic heterocycles. The van der Waals surface area contributed by atoms with E-state index in [-0.39, 0.29) is 24.2 Å². The van der Waals surface area contributed by atoms with Gasteiger partial charge in [0.15, 0.2) is 5.78 Å². The average molecular weight is 364 g/mol. The van der Waals surface area contributed by atoms with Crippen LogP contribution in [0.25, 0.3) is 5.76 Å². The first-order valence-electron chi connectivity index (χ1n) is 7.92. The van der Waals surface area contributed by atoms with Crippen molar-refractivity contribution in [2.24, 2.45) is 11.8 Å². The highest BCUT2D eigenvalue weighted by atomic mass is 35.5. The number of hydrogen-bond acceptors (Lipinski definition) is 6. The molecule has 1 fully saturated rings. The topological polar surface area (TPSA) is 92.7 Å². The van der Waals surface area contributed by atoms with E-state index in [1.807, 2.05) is 0 Å². The van der Waals surface area contributed by atoms with Crippen LogP contribution in [0.2, 0.25) is 5.02 Å². The standard InChI is InChI=1S/C18H17ClO6/c1-3-25-18(23)16(21)10-7-8-6-9-11(19)4-5-12(24-2)14(9)17(22)13(8)15(10)20/h4-5,8,10,22H,3,6-7H2,1-2H3/p-1. The van der Waals surface area contributed by atoms with Gasteiger partial charge in [0, 0.05) is 10.6 Å². The summed E-state index contributed by atoms with van der Waals surface area (Å²) in [6.45, 7) is 1.62. The highest BCUT2D eigenvalue weighted by molar-refractivity contribution is 6.40. The molecule has 0 amide bonds.